The Morgan fingerprint density at radius 3 is 1.39 bits per heavy atom. The van der Waals surface area contributed by atoms with Crippen LogP contribution in [0.1, 0.15) is 79.7 Å². The summed E-state index contributed by atoms with van der Waals surface area (Å²) in [5, 5.41) is 0. The SMILES string of the molecule is Cc1cc(N)c(OC(=O)C(=O)Oc2c(N)cc(N)c(N)c2C(=O)OCC2C(C)CCC2C)c(C(=O)OCC2C(C)CCC2C)c1N. The van der Waals surface area contributed by atoms with E-state index in [1.807, 2.05) is 0 Å². The van der Waals surface area contributed by atoms with Crippen molar-refractivity contribution < 1.29 is 38.1 Å². The van der Waals surface area contributed by atoms with Gasteiger partial charge in [-0.2, -0.15) is 0 Å². The maximum Gasteiger partial charge on any atom is 0.423 e. The van der Waals surface area contributed by atoms with Gasteiger partial charge in [-0.25, -0.2) is 19.2 Å². The molecule has 2 aliphatic rings. The molecule has 0 radical (unpaired) electrons. The van der Waals surface area contributed by atoms with E-state index in [0.717, 1.165) is 25.7 Å². The molecule has 2 saturated carbocycles. The van der Waals surface area contributed by atoms with Crippen molar-refractivity contribution in [2.45, 2.75) is 60.3 Å². The van der Waals surface area contributed by atoms with Crippen LogP contribution in [0.4, 0.5) is 28.4 Å². The summed E-state index contributed by atoms with van der Waals surface area (Å²) in [5.41, 5.74) is 29.4. The summed E-state index contributed by atoms with van der Waals surface area (Å²) in [5.74, 6) is -4.25. The van der Waals surface area contributed by atoms with Crippen molar-refractivity contribution in [1.29, 1.82) is 0 Å². The van der Waals surface area contributed by atoms with Crippen molar-refractivity contribution in [3.05, 3.63) is 28.8 Å². The summed E-state index contributed by atoms with van der Waals surface area (Å²) in [7, 11) is 0. The lowest BCUT2D eigenvalue weighted by atomic mass is 9.93. The Kier molecular flexibility index (Phi) is 10.2. The van der Waals surface area contributed by atoms with Gasteiger partial charge in [-0.1, -0.05) is 53.4 Å². The zero-order valence-corrected chi connectivity index (χ0v) is 27.0. The molecule has 0 aliphatic heterocycles. The highest BCUT2D eigenvalue weighted by molar-refractivity contribution is 6.31. The van der Waals surface area contributed by atoms with E-state index >= 15 is 0 Å². The monoisotopic (exact) mass is 639 g/mol. The largest absolute Gasteiger partial charge is 0.462 e. The maximum atomic E-state index is 13.3. The quantitative estimate of drug-likeness (QED) is 0.119. The third-order valence-electron chi connectivity index (χ3n) is 9.79. The summed E-state index contributed by atoms with van der Waals surface area (Å²) in [6, 6.07) is 2.57. The lowest BCUT2D eigenvalue weighted by Gasteiger charge is -2.21. The minimum Gasteiger partial charge on any atom is -0.462 e. The minimum absolute atomic E-state index is 0.0330. The van der Waals surface area contributed by atoms with Crippen LogP contribution in [0, 0.1) is 42.4 Å². The molecule has 0 amide bonds. The van der Waals surface area contributed by atoms with Crippen LogP contribution in [-0.4, -0.2) is 37.1 Å². The van der Waals surface area contributed by atoms with Gasteiger partial charge in [0.1, 0.15) is 11.1 Å². The number of aryl methyl sites for hydroxylation is 1. The predicted octanol–water partition coefficient (Wildman–Crippen LogP) is 4.10. The van der Waals surface area contributed by atoms with Gasteiger partial charge in [0.25, 0.3) is 0 Å². The number of rotatable bonds is 8. The molecule has 2 aromatic carbocycles. The van der Waals surface area contributed by atoms with Crippen LogP contribution < -0.4 is 38.1 Å². The highest BCUT2D eigenvalue weighted by Gasteiger charge is 2.35. The van der Waals surface area contributed by atoms with E-state index in [-0.39, 0.29) is 59.0 Å². The highest BCUT2D eigenvalue weighted by atomic mass is 16.6. The average Bonchev–Trinajstić information content (AvgIpc) is 3.49. The zero-order chi connectivity index (χ0) is 34.0. The van der Waals surface area contributed by atoms with Gasteiger partial charge in [-0.15, -0.1) is 0 Å². The van der Waals surface area contributed by atoms with Crippen LogP contribution in [0.15, 0.2) is 12.1 Å². The van der Waals surface area contributed by atoms with E-state index in [2.05, 4.69) is 27.7 Å². The van der Waals surface area contributed by atoms with E-state index < -0.39 is 40.9 Å². The smallest absolute Gasteiger partial charge is 0.423 e. The number of ether oxygens (including phenoxy) is 4. The van der Waals surface area contributed by atoms with Gasteiger partial charge < -0.3 is 47.6 Å². The fourth-order valence-electron chi connectivity index (χ4n) is 6.63. The van der Waals surface area contributed by atoms with Gasteiger partial charge in [0.2, 0.25) is 0 Å². The van der Waals surface area contributed by atoms with E-state index in [4.69, 9.17) is 47.6 Å². The number of hydrogen-bond acceptors (Lipinski definition) is 13. The Bertz CT molecular complexity index is 1410. The molecule has 13 nitrogen and oxygen atoms in total. The Hall–Kier alpha value is -4.68. The van der Waals surface area contributed by atoms with Gasteiger partial charge in [0, 0.05) is 0 Å². The molecule has 0 saturated heterocycles. The third-order valence-corrected chi connectivity index (χ3v) is 9.79. The molecule has 2 fully saturated rings. The summed E-state index contributed by atoms with van der Waals surface area (Å²) in [6.07, 6.45) is 4.07. The minimum atomic E-state index is -1.59. The van der Waals surface area contributed by atoms with Crippen LogP contribution in [0.2, 0.25) is 0 Å². The molecule has 2 aliphatic carbocycles. The van der Waals surface area contributed by atoms with Crippen molar-refractivity contribution in [3.8, 4) is 11.5 Å². The summed E-state index contributed by atoms with van der Waals surface area (Å²) in [6.45, 7) is 10.2. The van der Waals surface area contributed by atoms with Gasteiger partial charge in [0.05, 0.1) is 41.7 Å². The molecule has 4 rings (SSSR count). The summed E-state index contributed by atoms with van der Waals surface area (Å²) >= 11 is 0. The first-order valence-corrected chi connectivity index (χ1v) is 15.6. The van der Waals surface area contributed by atoms with Crippen molar-refractivity contribution in [1.82, 2.24) is 0 Å². The Morgan fingerprint density at radius 2 is 0.978 bits per heavy atom. The van der Waals surface area contributed by atoms with Crippen molar-refractivity contribution in [2.24, 2.45) is 35.5 Å². The number of nitrogen functional groups attached to an aromatic ring is 5. The van der Waals surface area contributed by atoms with Gasteiger partial charge >= 0.3 is 23.9 Å². The number of anilines is 5. The summed E-state index contributed by atoms with van der Waals surface area (Å²) in [4.78, 5) is 52.6. The maximum absolute atomic E-state index is 13.3. The van der Waals surface area contributed by atoms with E-state index in [1.54, 1.807) is 6.92 Å². The molecule has 10 N–H and O–H groups in total. The van der Waals surface area contributed by atoms with Crippen molar-refractivity contribution in [2.75, 3.05) is 41.9 Å². The number of benzene rings is 2. The molecule has 0 aromatic heterocycles. The second-order valence-electron chi connectivity index (χ2n) is 12.9. The fraction of sp³-hybridized carbons (Fsp3) is 0.515. The normalized spacial score (nSPS) is 23.9. The molecule has 2 aromatic rings. The van der Waals surface area contributed by atoms with Gasteiger partial charge in [-0.3, -0.25) is 0 Å². The van der Waals surface area contributed by atoms with Gasteiger partial charge in [-0.05, 0) is 60.1 Å². The highest BCUT2D eigenvalue weighted by Crippen LogP contribution is 2.41. The fourth-order valence-corrected chi connectivity index (χ4v) is 6.63. The molecule has 0 bridgehead atoms. The van der Waals surface area contributed by atoms with Crippen LogP contribution in [0.25, 0.3) is 0 Å². The molecular formula is C33H45N5O8. The molecule has 46 heavy (non-hydrogen) atoms. The van der Waals surface area contributed by atoms with Crippen molar-refractivity contribution in [3.63, 3.8) is 0 Å². The Morgan fingerprint density at radius 1 is 0.609 bits per heavy atom. The lowest BCUT2D eigenvalue weighted by Crippen LogP contribution is -2.29. The molecule has 250 valence electrons. The first-order valence-electron chi connectivity index (χ1n) is 15.6. The molecule has 0 heterocycles. The second-order valence-corrected chi connectivity index (χ2v) is 12.9. The third kappa shape index (κ3) is 6.92. The Labute approximate surface area is 268 Å². The van der Waals surface area contributed by atoms with Gasteiger partial charge in [0.15, 0.2) is 11.5 Å². The Balaban J connectivity index is 1.55. The number of hydrogen-bond donors (Lipinski definition) is 5. The van der Waals surface area contributed by atoms with Crippen LogP contribution in [0.3, 0.4) is 0 Å². The first kappa shape index (κ1) is 34.2. The van der Waals surface area contributed by atoms with E-state index in [0.29, 0.717) is 29.2 Å². The predicted molar refractivity (Wildman–Crippen MR) is 174 cm³/mol. The number of carbonyl (C=O) groups excluding carboxylic acids is 4. The lowest BCUT2D eigenvalue weighted by molar-refractivity contribution is -0.156. The number of carbonyl (C=O) groups is 4. The van der Waals surface area contributed by atoms with E-state index in [9.17, 15) is 19.2 Å². The number of nitrogens with two attached hydrogens (primary N) is 5. The second kappa shape index (κ2) is 13.8. The average molecular weight is 640 g/mol. The van der Waals surface area contributed by atoms with Crippen molar-refractivity contribution >= 4 is 52.3 Å². The topological polar surface area (TPSA) is 235 Å². The zero-order valence-electron chi connectivity index (χ0n) is 27.0. The molecular weight excluding hydrogens is 594 g/mol. The summed E-state index contributed by atoms with van der Waals surface area (Å²) < 4.78 is 21.7. The first-order chi connectivity index (χ1) is 21.6. The van der Waals surface area contributed by atoms with Crippen LogP contribution in [-0.2, 0) is 19.1 Å². The van der Waals surface area contributed by atoms with Crippen LogP contribution in [0.5, 0.6) is 11.5 Å². The molecule has 4 atom stereocenters. The number of esters is 4. The molecule has 13 heteroatoms. The molecule has 0 spiro atoms. The molecule has 4 unspecified atom stereocenters. The van der Waals surface area contributed by atoms with Crippen LogP contribution >= 0.6 is 0 Å². The van der Waals surface area contributed by atoms with E-state index in [1.165, 1.54) is 12.1 Å². The standard InChI is InChI=1S/C33H45N5O8/c1-14-6-7-15(2)19(14)12-43-30(39)24-26(37)18(5)10-22(35)28(24)45-32(41)33(42)46-29-23(36)11-21(34)27(38)25(29)31(40)44-13-20-16(3)8-9-17(20)4/h10-11,14-17,19-20H,6-9,12-13,34-38H2,1-5H3.